The van der Waals surface area contributed by atoms with Crippen LogP contribution in [0.5, 0.6) is 0 Å². The van der Waals surface area contributed by atoms with Crippen LogP contribution in [0.1, 0.15) is 32.1 Å². The quantitative estimate of drug-likeness (QED) is 0.617. The van der Waals surface area contributed by atoms with Crippen LogP contribution in [-0.4, -0.2) is 54.5 Å². The molecule has 4 amide bonds. The van der Waals surface area contributed by atoms with E-state index >= 15 is 0 Å². The molecule has 1 spiro atoms. The van der Waals surface area contributed by atoms with Crippen LogP contribution < -0.4 is 16.0 Å². The summed E-state index contributed by atoms with van der Waals surface area (Å²) < 4.78 is 0. The van der Waals surface area contributed by atoms with Crippen molar-refractivity contribution in [3.8, 4) is 0 Å². The lowest BCUT2D eigenvalue weighted by Gasteiger charge is -2.38. The Morgan fingerprint density at radius 2 is 2.24 bits per heavy atom. The fourth-order valence-electron chi connectivity index (χ4n) is 3.53. The molecule has 3 aliphatic heterocycles. The number of nitrogens with zero attached hydrogens (tertiary/aromatic N) is 1. The Kier molecular flexibility index (Phi) is 3.84. The number of imide groups is 1. The largest absolute Gasteiger partial charge is 0.340 e. The van der Waals surface area contributed by atoms with Crippen LogP contribution in [0, 0.1) is 5.92 Å². The van der Waals surface area contributed by atoms with Gasteiger partial charge in [0.25, 0.3) is 5.91 Å². The van der Waals surface area contributed by atoms with Gasteiger partial charge >= 0.3 is 6.03 Å². The lowest BCUT2D eigenvalue weighted by atomic mass is 9.89. The van der Waals surface area contributed by atoms with Gasteiger partial charge in [-0.2, -0.15) is 0 Å². The van der Waals surface area contributed by atoms with Crippen molar-refractivity contribution in [3.63, 3.8) is 0 Å². The van der Waals surface area contributed by atoms with Crippen molar-refractivity contribution >= 4 is 17.8 Å². The Labute approximate surface area is 123 Å². The SMILES string of the molecule is O=C1NC(=O)C2(CCCN(C(=O)CCC3CCNC3)C2)N1. The summed E-state index contributed by atoms with van der Waals surface area (Å²) in [5, 5.41) is 8.28. The molecule has 2 unspecified atom stereocenters. The molecule has 3 rings (SSSR count). The molecule has 0 bridgehead atoms. The molecule has 116 valence electrons. The van der Waals surface area contributed by atoms with Gasteiger partial charge in [-0.25, -0.2) is 4.79 Å². The standard InChI is InChI=1S/C14H22N4O3/c19-11(3-2-10-4-6-15-8-10)18-7-1-5-14(9-18)12(20)16-13(21)17-14/h10,15H,1-9H2,(H2,16,17,20,21). The van der Waals surface area contributed by atoms with Crippen molar-refractivity contribution in [3.05, 3.63) is 0 Å². The Hall–Kier alpha value is -1.63. The zero-order valence-corrected chi connectivity index (χ0v) is 12.1. The van der Waals surface area contributed by atoms with E-state index in [4.69, 9.17) is 0 Å². The van der Waals surface area contributed by atoms with Gasteiger partial charge in [-0.15, -0.1) is 0 Å². The number of piperidine rings is 1. The number of carbonyl (C=O) groups is 3. The number of urea groups is 1. The molecule has 3 aliphatic rings. The Morgan fingerprint density at radius 3 is 2.90 bits per heavy atom. The summed E-state index contributed by atoms with van der Waals surface area (Å²) in [6.07, 6.45) is 3.90. The normalized spacial score (nSPS) is 32.4. The van der Waals surface area contributed by atoms with Gasteiger partial charge in [0.15, 0.2) is 0 Å². The highest BCUT2D eigenvalue weighted by atomic mass is 16.2. The lowest BCUT2D eigenvalue weighted by Crippen LogP contribution is -2.59. The molecular weight excluding hydrogens is 272 g/mol. The Morgan fingerprint density at radius 1 is 1.38 bits per heavy atom. The van der Waals surface area contributed by atoms with Gasteiger partial charge in [-0.05, 0) is 44.7 Å². The van der Waals surface area contributed by atoms with Crippen LogP contribution in [0.25, 0.3) is 0 Å². The minimum Gasteiger partial charge on any atom is -0.340 e. The van der Waals surface area contributed by atoms with E-state index in [0.29, 0.717) is 31.8 Å². The number of amides is 4. The fraction of sp³-hybridized carbons (Fsp3) is 0.786. The second kappa shape index (κ2) is 5.63. The molecule has 3 saturated heterocycles. The molecule has 3 N–H and O–H groups in total. The van der Waals surface area contributed by atoms with E-state index in [1.165, 1.54) is 0 Å². The molecule has 0 aromatic rings. The number of hydrogen-bond acceptors (Lipinski definition) is 4. The van der Waals surface area contributed by atoms with Crippen LogP contribution in [-0.2, 0) is 9.59 Å². The third-order valence-corrected chi connectivity index (χ3v) is 4.79. The van der Waals surface area contributed by atoms with Crippen LogP contribution >= 0.6 is 0 Å². The molecule has 3 heterocycles. The maximum absolute atomic E-state index is 12.3. The van der Waals surface area contributed by atoms with Gasteiger partial charge in [0.2, 0.25) is 5.91 Å². The fourth-order valence-corrected chi connectivity index (χ4v) is 3.53. The highest BCUT2D eigenvalue weighted by Gasteiger charge is 2.49. The number of nitrogens with one attached hydrogen (secondary N) is 3. The first-order chi connectivity index (χ1) is 10.1. The number of hydrogen-bond donors (Lipinski definition) is 3. The maximum atomic E-state index is 12.3. The average Bonchev–Trinajstić information content (AvgIpc) is 3.06. The molecule has 0 aromatic carbocycles. The summed E-state index contributed by atoms with van der Waals surface area (Å²) in [6, 6.07) is -0.452. The van der Waals surface area contributed by atoms with Gasteiger partial charge in [0.05, 0.1) is 6.54 Å². The van der Waals surface area contributed by atoms with E-state index in [1.807, 2.05) is 0 Å². The van der Waals surface area contributed by atoms with Gasteiger partial charge < -0.3 is 15.5 Å². The Balaban J connectivity index is 1.56. The van der Waals surface area contributed by atoms with E-state index in [-0.39, 0.29) is 11.8 Å². The maximum Gasteiger partial charge on any atom is 0.322 e. The summed E-state index contributed by atoms with van der Waals surface area (Å²) in [5.41, 5.74) is -0.903. The summed E-state index contributed by atoms with van der Waals surface area (Å²) in [5.74, 6) is 0.377. The lowest BCUT2D eigenvalue weighted by molar-refractivity contribution is -0.136. The van der Waals surface area contributed by atoms with Crippen molar-refractivity contribution in [1.82, 2.24) is 20.9 Å². The summed E-state index contributed by atoms with van der Waals surface area (Å²) in [6.45, 7) is 3.01. The second-order valence-electron chi connectivity index (χ2n) is 6.31. The average molecular weight is 294 g/mol. The van der Waals surface area contributed by atoms with E-state index in [0.717, 1.165) is 32.4 Å². The zero-order chi connectivity index (χ0) is 14.9. The molecule has 7 heteroatoms. The number of carbonyl (C=O) groups excluding carboxylic acids is 3. The molecule has 0 radical (unpaired) electrons. The third-order valence-electron chi connectivity index (χ3n) is 4.79. The molecule has 3 fully saturated rings. The molecule has 0 aliphatic carbocycles. The van der Waals surface area contributed by atoms with Crippen molar-refractivity contribution < 1.29 is 14.4 Å². The highest BCUT2D eigenvalue weighted by Crippen LogP contribution is 2.25. The van der Waals surface area contributed by atoms with E-state index in [1.54, 1.807) is 4.90 Å². The topological polar surface area (TPSA) is 90.5 Å². The van der Waals surface area contributed by atoms with Crippen LogP contribution in [0.15, 0.2) is 0 Å². The highest BCUT2D eigenvalue weighted by molar-refractivity contribution is 6.07. The third kappa shape index (κ3) is 2.88. The van der Waals surface area contributed by atoms with E-state index in [2.05, 4.69) is 16.0 Å². The molecular formula is C14H22N4O3. The first-order valence-electron chi connectivity index (χ1n) is 7.71. The monoisotopic (exact) mass is 294 g/mol. The smallest absolute Gasteiger partial charge is 0.322 e. The predicted molar refractivity (Wildman–Crippen MR) is 75.4 cm³/mol. The van der Waals surface area contributed by atoms with Crippen LogP contribution in [0.2, 0.25) is 0 Å². The van der Waals surface area contributed by atoms with Crippen LogP contribution in [0.4, 0.5) is 4.79 Å². The predicted octanol–water partition coefficient (Wildman–Crippen LogP) is -0.423. The zero-order valence-electron chi connectivity index (χ0n) is 12.1. The molecule has 2 atom stereocenters. The van der Waals surface area contributed by atoms with Gasteiger partial charge in [0, 0.05) is 13.0 Å². The van der Waals surface area contributed by atoms with E-state index in [9.17, 15) is 14.4 Å². The van der Waals surface area contributed by atoms with Crippen molar-refractivity contribution in [1.29, 1.82) is 0 Å². The molecule has 0 saturated carbocycles. The number of rotatable bonds is 3. The minimum absolute atomic E-state index is 0.0925. The van der Waals surface area contributed by atoms with Gasteiger partial charge in [-0.1, -0.05) is 0 Å². The Bertz CT molecular complexity index is 461. The minimum atomic E-state index is -0.903. The van der Waals surface area contributed by atoms with Crippen molar-refractivity contribution in [2.45, 2.75) is 37.6 Å². The summed E-state index contributed by atoms with van der Waals surface area (Å²) >= 11 is 0. The summed E-state index contributed by atoms with van der Waals surface area (Å²) in [7, 11) is 0. The molecule has 21 heavy (non-hydrogen) atoms. The van der Waals surface area contributed by atoms with Crippen molar-refractivity contribution in [2.75, 3.05) is 26.2 Å². The van der Waals surface area contributed by atoms with Gasteiger partial charge in [0.1, 0.15) is 5.54 Å². The van der Waals surface area contributed by atoms with E-state index < -0.39 is 11.6 Å². The second-order valence-corrected chi connectivity index (χ2v) is 6.31. The first kappa shape index (κ1) is 14.3. The van der Waals surface area contributed by atoms with Crippen LogP contribution in [0.3, 0.4) is 0 Å². The molecule has 7 nitrogen and oxygen atoms in total. The number of likely N-dealkylation sites (tertiary alicyclic amines) is 1. The summed E-state index contributed by atoms with van der Waals surface area (Å²) in [4.78, 5) is 37.4. The van der Waals surface area contributed by atoms with Crippen molar-refractivity contribution in [2.24, 2.45) is 5.92 Å². The molecule has 0 aromatic heterocycles. The first-order valence-corrected chi connectivity index (χ1v) is 7.71. The van der Waals surface area contributed by atoms with Gasteiger partial charge in [-0.3, -0.25) is 14.9 Å².